The molecule has 6 heteroatoms. The molecule has 0 bridgehead atoms. The molecule has 0 saturated carbocycles. The van der Waals surface area contributed by atoms with Gasteiger partial charge in [-0.15, -0.1) is 0 Å². The van der Waals surface area contributed by atoms with Crippen LogP contribution in [0.25, 0.3) is 27.5 Å². The lowest BCUT2D eigenvalue weighted by atomic mass is 10.00. The van der Waals surface area contributed by atoms with Gasteiger partial charge < -0.3 is 14.8 Å². The number of nitrogens with one attached hydrogen (secondary N) is 1. The lowest BCUT2D eigenvalue weighted by Crippen LogP contribution is -2.27. The first kappa shape index (κ1) is 25.1. The Morgan fingerprint density at radius 1 is 0.900 bits per heavy atom. The van der Waals surface area contributed by atoms with Gasteiger partial charge in [0, 0.05) is 30.4 Å². The van der Waals surface area contributed by atoms with E-state index in [1.807, 2.05) is 78.3 Å². The molecule has 0 saturated heterocycles. The van der Waals surface area contributed by atoms with Crippen molar-refractivity contribution in [2.75, 3.05) is 0 Å². The Labute approximate surface area is 231 Å². The van der Waals surface area contributed by atoms with Crippen LogP contribution in [0.1, 0.15) is 50.4 Å². The predicted octanol–water partition coefficient (Wildman–Crippen LogP) is 6.93. The molecule has 3 aromatic heterocycles. The van der Waals surface area contributed by atoms with Gasteiger partial charge in [0.15, 0.2) is 0 Å². The Morgan fingerprint density at radius 3 is 2.42 bits per heavy atom. The lowest BCUT2D eigenvalue weighted by Gasteiger charge is -2.17. The number of benzene rings is 3. The average Bonchev–Trinajstić information content (AvgIpc) is 3.39. The summed E-state index contributed by atoms with van der Waals surface area (Å²) < 4.78 is 2.02. The van der Waals surface area contributed by atoms with Gasteiger partial charge in [0.25, 0.3) is 5.91 Å². The quantitative estimate of drug-likeness (QED) is 0.237. The summed E-state index contributed by atoms with van der Waals surface area (Å²) in [6, 6.07) is 30.4. The number of nitrogens with zero attached hydrogens (tertiary/aromatic N) is 2. The van der Waals surface area contributed by atoms with E-state index in [1.165, 1.54) is 0 Å². The number of aromatic carboxylic acids is 1. The van der Waals surface area contributed by atoms with Crippen molar-refractivity contribution in [2.45, 2.75) is 19.4 Å². The van der Waals surface area contributed by atoms with Crippen molar-refractivity contribution in [1.29, 1.82) is 0 Å². The maximum Gasteiger partial charge on any atom is 0.335 e. The number of fused-ring (bicyclic) bond motifs is 2. The van der Waals surface area contributed by atoms with E-state index < -0.39 is 5.97 Å². The molecule has 1 atom stereocenters. The van der Waals surface area contributed by atoms with E-state index in [9.17, 15) is 14.7 Å². The highest BCUT2D eigenvalue weighted by molar-refractivity contribution is 6.03. The van der Waals surface area contributed by atoms with E-state index in [2.05, 4.69) is 34.7 Å². The highest BCUT2D eigenvalue weighted by Crippen LogP contribution is 2.28. The predicted molar refractivity (Wildman–Crippen MR) is 157 cm³/mol. The van der Waals surface area contributed by atoms with Gasteiger partial charge >= 0.3 is 5.97 Å². The van der Waals surface area contributed by atoms with Crippen molar-refractivity contribution in [2.24, 2.45) is 0 Å². The molecule has 0 aliphatic rings. The molecule has 3 heterocycles. The fourth-order valence-corrected chi connectivity index (χ4v) is 5.13. The van der Waals surface area contributed by atoms with Crippen LogP contribution >= 0.6 is 0 Å². The molecule has 0 unspecified atom stereocenters. The zero-order valence-electron chi connectivity index (χ0n) is 21.9. The number of carboxylic acid groups (broad SMARTS) is 1. The molecule has 3 aromatic carbocycles. The summed E-state index contributed by atoms with van der Waals surface area (Å²) in [7, 11) is 0. The number of amides is 1. The Balaban J connectivity index is 1.39. The minimum Gasteiger partial charge on any atom is -0.478 e. The maximum absolute atomic E-state index is 13.8. The monoisotopic (exact) mass is 525 g/mol. The summed E-state index contributed by atoms with van der Waals surface area (Å²) in [5.74, 6) is -1.18. The van der Waals surface area contributed by atoms with Gasteiger partial charge in [0.2, 0.25) is 0 Å². The van der Waals surface area contributed by atoms with Gasteiger partial charge in [0.05, 0.1) is 28.2 Å². The Morgan fingerprint density at radius 2 is 1.65 bits per heavy atom. The fourth-order valence-electron chi connectivity index (χ4n) is 5.13. The highest BCUT2D eigenvalue weighted by atomic mass is 16.4. The number of carboxylic acids is 1. The zero-order chi connectivity index (χ0) is 27.6. The molecule has 40 heavy (non-hydrogen) atoms. The van der Waals surface area contributed by atoms with Crippen LogP contribution in [0.4, 0.5) is 0 Å². The molecular weight excluding hydrogens is 498 g/mol. The molecule has 0 radical (unpaired) electrons. The van der Waals surface area contributed by atoms with Crippen molar-refractivity contribution in [1.82, 2.24) is 14.7 Å². The van der Waals surface area contributed by atoms with Gasteiger partial charge in [-0.1, -0.05) is 60.7 Å². The summed E-state index contributed by atoms with van der Waals surface area (Å²) >= 11 is 0. The second-order valence-corrected chi connectivity index (χ2v) is 9.94. The lowest BCUT2D eigenvalue weighted by molar-refractivity contribution is 0.0696. The zero-order valence-corrected chi connectivity index (χ0v) is 21.9. The molecular formula is C34H27N3O3. The summed E-state index contributed by atoms with van der Waals surface area (Å²) in [5.41, 5.74) is 7.45. The average molecular weight is 526 g/mol. The molecule has 2 N–H and O–H groups in total. The SMILES string of the molecule is C[C@H](NC(=O)c1cc(-c2ccccc2)cn2ccc(Cc3cnc4ccccc4c3)c12)c1ccc(C(=O)O)cc1. The van der Waals surface area contributed by atoms with Gasteiger partial charge in [-0.3, -0.25) is 9.78 Å². The molecule has 0 spiro atoms. The largest absolute Gasteiger partial charge is 0.478 e. The van der Waals surface area contributed by atoms with Crippen LogP contribution < -0.4 is 5.32 Å². The first-order valence-corrected chi connectivity index (χ1v) is 13.1. The minimum absolute atomic E-state index is 0.200. The van der Waals surface area contributed by atoms with Crippen molar-refractivity contribution in [3.05, 3.63) is 143 Å². The second-order valence-electron chi connectivity index (χ2n) is 9.94. The topological polar surface area (TPSA) is 83.7 Å². The molecule has 0 aliphatic carbocycles. The number of hydrogen-bond donors (Lipinski definition) is 2. The molecule has 1 amide bonds. The second kappa shape index (κ2) is 10.5. The number of pyridine rings is 2. The van der Waals surface area contributed by atoms with E-state index in [-0.39, 0.29) is 17.5 Å². The Hall–Kier alpha value is -5.23. The summed E-state index contributed by atoms with van der Waals surface area (Å²) in [5, 5.41) is 13.4. The highest BCUT2D eigenvalue weighted by Gasteiger charge is 2.19. The van der Waals surface area contributed by atoms with Gasteiger partial charge in [0.1, 0.15) is 0 Å². The normalized spacial score (nSPS) is 11.9. The fraction of sp³-hybridized carbons (Fsp3) is 0.0882. The Kier molecular flexibility index (Phi) is 6.58. The third-order valence-electron chi connectivity index (χ3n) is 7.23. The van der Waals surface area contributed by atoms with Gasteiger partial charge in [-0.05, 0) is 71.1 Å². The standard InChI is InChI=1S/C34H27N3O3/c1-22(24-11-13-26(14-12-24)34(39)40)36-33(38)30-19-29(25-7-3-2-4-8-25)21-37-16-15-28(32(30)37)18-23-17-27-9-5-6-10-31(27)35-20-23/h2-17,19-22H,18H2,1H3,(H,36,38)(H,39,40)/t22-/m0/s1. The minimum atomic E-state index is -0.981. The van der Waals surface area contributed by atoms with E-state index >= 15 is 0 Å². The van der Waals surface area contributed by atoms with E-state index in [4.69, 9.17) is 0 Å². The third kappa shape index (κ3) is 4.95. The van der Waals surface area contributed by atoms with E-state index in [0.29, 0.717) is 12.0 Å². The van der Waals surface area contributed by atoms with Crippen LogP contribution in [-0.4, -0.2) is 26.4 Å². The van der Waals surface area contributed by atoms with Crippen LogP contribution in [0.2, 0.25) is 0 Å². The first-order valence-electron chi connectivity index (χ1n) is 13.1. The number of rotatable bonds is 7. The number of aromatic nitrogens is 2. The number of carbonyl (C=O) groups is 2. The summed E-state index contributed by atoms with van der Waals surface area (Å²) in [6.45, 7) is 1.89. The van der Waals surface area contributed by atoms with E-state index in [0.717, 1.165) is 44.2 Å². The number of hydrogen-bond acceptors (Lipinski definition) is 3. The van der Waals surface area contributed by atoms with Crippen LogP contribution in [-0.2, 0) is 6.42 Å². The van der Waals surface area contributed by atoms with Crippen molar-refractivity contribution < 1.29 is 14.7 Å². The van der Waals surface area contributed by atoms with Crippen LogP contribution in [0.5, 0.6) is 0 Å². The van der Waals surface area contributed by atoms with Crippen LogP contribution in [0, 0.1) is 0 Å². The van der Waals surface area contributed by atoms with Crippen molar-refractivity contribution in [3.8, 4) is 11.1 Å². The van der Waals surface area contributed by atoms with Crippen molar-refractivity contribution in [3.63, 3.8) is 0 Å². The third-order valence-corrected chi connectivity index (χ3v) is 7.23. The van der Waals surface area contributed by atoms with E-state index in [1.54, 1.807) is 24.3 Å². The van der Waals surface area contributed by atoms with Crippen LogP contribution in [0.15, 0.2) is 116 Å². The first-order chi connectivity index (χ1) is 19.5. The molecule has 0 aliphatic heterocycles. The molecule has 6 rings (SSSR count). The summed E-state index contributed by atoms with van der Waals surface area (Å²) in [6.07, 6.45) is 6.58. The van der Waals surface area contributed by atoms with Crippen molar-refractivity contribution >= 4 is 28.3 Å². The smallest absolute Gasteiger partial charge is 0.335 e. The van der Waals surface area contributed by atoms with Crippen LogP contribution in [0.3, 0.4) is 0 Å². The Bertz CT molecular complexity index is 1860. The molecule has 6 nitrogen and oxygen atoms in total. The molecule has 196 valence electrons. The number of carbonyl (C=O) groups excluding carboxylic acids is 1. The summed E-state index contributed by atoms with van der Waals surface area (Å²) in [4.78, 5) is 29.7. The van der Waals surface area contributed by atoms with Gasteiger partial charge in [-0.2, -0.15) is 0 Å². The van der Waals surface area contributed by atoms with Gasteiger partial charge in [-0.25, -0.2) is 4.79 Å². The number of para-hydroxylation sites is 1. The maximum atomic E-state index is 13.8. The molecule has 6 aromatic rings. The molecule has 0 fully saturated rings.